The quantitative estimate of drug-likeness (QED) is 0.813. The summed E-state index contributed by atoms with van der Waals surface area (Å²) in [6.45, 7) is 0.933. The van der Waals surface area contributed by atoms with Gasteiger partial charge in [-0.25, -0.2) is 0 Å². The fraction of sp³-hybridized carbons (Fsp3) is 0.333. The lowest BCUT2D eigenvalue weighted by Gasteiger charge is -2.22. The van der Waals surface area contributed by atoms with Gasteiger partial charge in [0.1, 0.15) is 0 Å². The molecule has 0 aliphatic carbocycles. The second-order valence-corrected chi connectivity index (χ2v) is 5.71. The molecule has 0 fully saturated rings. The maximum atomic E-state index is 12.4. The Bertz CT molecular complexity index is 617. The average molecular weight is 342 g/mol. The Hall–Kier alpha value is -1.56. The largest absolute Gasteiger partial charge is 0.396 e. The smallest absolute Gasteiger partial charge is 0.228 e. The highest BCUT2D eigenvalue weighted by Crippen LogP contribution is 2.23. The summed E-state index contributed by atoms with van der Waals surface area (Å²) in [6.07, 6.45) is 2.38. The molecule has 1 heterocycles. The molecule has 0 saturated heterocycles. The SMILES string of the molecule is O=C(Cc1ccn[nH]1)N(CCCO)Cc1ccc(Cl)c(Cl)c1. The van der Waals surface area contributed by atoms with Gasteiger partial charge in [-0.05, 0) is 30.2 Å². The number of aliphatic hydroxyl groups excluding tert-OH is 1. The van der Waals surface area contributed by atoms with Crippen LogP contribution < -0.4 is 0 Å². The molecule has 22 heavy (non-hydrogen) atoms. The van der Waals surface area contributed by atoms with Crippen molar-refractivity contribution in [1.82, 2.24) is 15.1 Å². The Morgan fingerprint density at radius 1 is 1.27 bits per heavy atom. The number of rotatable bonds is 7. The van der Waals surface area contributed by atoms with Crippen molar-refractivity contribution >= 4 is 29.1 Å². The van der Waals surface area contributed by atoms with Gasteiger partial charge in [-0.15, -0.1) is 0 Å². The van der Waals surface area contributed by atoms with Crippen LogP contribution in [-0.4, -0.2) is 39.3 Å². The number of nitrogens with zero attached hydrogens (tertiary/aromatic N) is 2. The lowest BCUT2D eigenvalue weighted by atomic mass is 10.2. The Morgan fingerprint density at radius 3 is 2.73 bits per heavy atom. The van der Waals surface area contributed by atoms with Crippen molar-refractivity contribution in [2.24, 2.45) is 0 Å². The number of carbonyl (C=O) groups excluding carboxylic acids is 1. The molecule has 1 amide bonds. The van der Waals surface area contributed by atoms with Gasteiger partial charge in [-0.3, -0.25) is 9.89 Å². The summed E-state index contributed by atoms with van der Waals surface area (Å²) < 4.78 is 0. The molecule has 2 N–H and O–H groups in total. The lowest BCUT2D eigenvalue weighted by molar-refractivity contribution is -0.131. The highest BCUT2D eigenvalue weighted by atomic mass is 35.5. The molecule has 0 spiro atoms. The van der Waals surface area contributed by atoms with E-state index in [9.17, 15) is 4.79 Å². The van der Waals surface area contributed by atoms with E-state index in [0.29, 0.717) is 29.6 Å². The molecule has 0 saturated carbocycles. The van der Waals surface area contributed by atoms with Gasteiger partial charge in [0.15, 0.2) is 0 Å². The Labute approximate surface area is 138 Å². The zero-order valence-electron chi connectivity index (χ0n) is 11.9. The van der Waals surface area contributed by atoms with Crippen LogP contribution in [0.1, 0.15) is 17.7 Å². The molecule has 0 atom stereocenters. The van der Waals surface area contributed by atoms with Crippen LogP contribution in [-0.2, 0) is 17.8 Å². The Kier molecular flexibility index (Phi) is 6.24. The highest BCUT2D eigenvalue weighted by Gasteiger charge is 2.15. The number of H-pyrrole nitrogens is 1. The molecule has 2 rings (SSSR count). The van der Waals surface area contributed by atoms with E-state index in [1.54, 1.807) is 29.3 Å². The Morgan fingerprint density at radius 2 is 2.09 bits per heavy atom. The molecule has 7 heteroatoms. The zero-order valence-corrected chi connectivity index (χ0v) is 13.4. The highest BCUT2D eigenvalue weighted by molar-refractivity contribution is 6.42. The first-order chi connectivity index (χ1) is 10.6. The van der Waals surface area contributed by atoms with Crippen LogP contribution in [0.15, 0.2) is 30.5 Å². The van der Waals surface area contributed by atoms with Crippen LogP contribution in [0.25, 0.3) is 0 Å². The van der Waals surface area contributed by atoms with E-state index in [1.807, 2.05) is 6.07 Å². The number of aromatic nitrogens is 2. The van der Waals surface area contributed by atoms with E-state index >= 15 is 0 Å². The number of aliphatic hydroxyl groups is 1. The summed E-state index contributed by atoms with van der Waals surface area (Å²) in [6, 6.07) is 7.06. The summed E-state index contributed by atoms with van der Waals surface area (Å²) in [5.74, 6) is -0.0382. The van der Waals surface area contributed by atoms with E-state index in [0.717, 1.165) is 11.3 Å². The fourth-order valence-electron chi connectivity index (χ4n) is 2.07. The average Bonchev–Trinajstić information content (AvgIpc) is 3.00. The molecular formula is C15H17Cl2N3O2. The molecule has 0 unspecified atom stereocenters. The number of benzene rings is 1. The number of aromatic amines is 1. The summed E-state index contributed by atoms with van der Waals surface area (Å²) in [5.41, 5.74) is 1.65. The maximum Gasteiger partial charge on any atom is 0.228 e. The fourth-order valence-corrected chi connectivity index (χ4v) is 2.39. The van der Waals surface area contributed by atoms with Crippen molar-refractivity contribution in [1.29, 1.82) is 0 Å². The first-order valence-electron chi connectivity index (χ1n) is 6.91. The number of carbonyl (C=O) groups is 1. The summed E-state index contributed by atoms with van der Waals surface area (Å²) in [5, 5.41) is 16.6. The molecule has 0 aliphatic heterocycles. The van der Waals surface area contributed by atoms with Gasteiger partial charge in [0.05, 0.1) is 16.5 Å². The normalized spacial score (nSPS) is 10.7. The number of halogens is 2. The monoisotopic (exact) mass is 341 g/mol. The number of amides is 1. The van der Waals surface area contributed by atoms with Gasteiger partial charge in [0.2, 0.25) is 5.91 Å². The van der Waals surface area contributed by atoms with E-state index in [-0.39, 0.29) is 18.9 Å². The molecule has 1 aromatic heterocycles. The van der Waals surface area contributed by atoms with Crippen LogP contribution >= 0.6 is 23.2 Å². The van der Waals surface area contributed by atoms with Crippen molar-refractivity contribution in [3.05, 3.63) is 51.8 Å². The Balaban J connectivity index is 2.07. The van der Waals surface area contributed by atoms with Crippen LogP contribution in [0.2, 0.25) is 10.0 Å². The van der Waals surface area contributed by atoms with E-state index in [2.05, 4.69) is 10.2 Å². The first kappa shape index (κ1) is 16.8. The minimum atomic E-state index is -0.0382. The van der Waals surface area contributed by atoms with Gasteiger partial charge in [-0.1, -0.05) is 29.3 Å². The molecule has 2 aromatic rings. The molecular weight excluding hydrogens is 325 g/mol. The summed E-state index contributed by atoms with van der Waals surface area (Å²) in [4.78, 5) is 14.1. The summed E-state index contributed by atoms with van der Waals surface area (Å²) in [7, 11) is 0. The topological polar surface area (TPSA) is 69.2 Å². The minimum absolute atomic E-state index is 0.0369. The number of hydrogen-bond donors (Lipinski definition) is 2. The predicted molar refractivity (Wildman–Crippen MR) is 85.9 cm³/mol. The zero-order chi connectivity index (χ0) is 15.9. The second-order valence-electron chi connectivity index (χ2n) is 4.90. The van der Waals surface area contributed by atoms with Gasteiger partial charge >= 0.3 is 0 Å². The van der Waals surface area contributed by atoms with Crippen LogP contribution in [0.4, 0.5) is 0 Å². The van der Waals surface area contributed by atoms with Crippen LogP contribution in [0.5, 0.6) is 0 Å². The number of nitrogens with one attached hydrogen (secondary N) is 1. The third-order valence-corrected chi connectivity index (χ3v) is 3.94. The third kappa shape index (κ3) is 4.73. The standard InChI is InChI=1S/C15H17Cl2N3O2/c16-13-3-2-11(8-14(13)17)10-20(6-1-7-21)15(22)9-12-4-5-18-19-12/h2-5,8,21H,1,6-7,9-10H2,(H,18,19). The van der Waals surface area contributed by atoms with Gasteiger partial charge in [0, 0.05) is 31.6 Å². The summed E-state index contributed by atoms with van der Waals surface area (Å²) >= 11 is 11.9. The van der Waals surface area contributed by atoms with Gasteiger partial charge < -0.3 is 10.0 Å². The molecule has 0 radical (unpaired) electrons. The minimum Gasteiger partial charge on any atom is -0.396 e. The lowest BCUT2D eigenvalue weighted by Crippen LogP contribution is -2.33. The second kappa shape index (κ2) is 8.17. The predicted octanol–water partition coefficient (Wildman–Crippen LogP) is 2.67. The molecule has 118 valence electrons. The van der Waals surface area contributed by atoms with Crippen molar-refractivity contribution in [2.75, 3.05) is 13.2 Å². The first-order valence-corrected chi connectivity index (χ1v) is 7.66. The molecule has 1 aromatic carbocycles. The molecule has 0 bridgehead atoms. The van der Waals surface area contributed by atoms with Crippen LogP contribution in [0, 0.1) is 0 Å². The molecule has 0 aliphatic rings. The van der Waals surface area contributed by atoms with Crippen molar-refractivity contribution in [2.45, 2.75) is 19.4 Å². The third-order valence-electron chi connectivity index (χ3n) is 3.20. The van der Waals surface area contributed by atoms with Crippen molar-refractivity contribution < 1.29 is 9.90 Å². The van der Waals surface area contributed by atoms with E-state index in [4.69, 9.17) is 28.3 Å². The number of hydrogen-bond acceptors (Lipinski definition) is 3. The van der Waals surface area contributed by atoms with Crippen molar-refractivity contribution in [3.63, 3.8) is 0 Å². The van der Waals surface area contributed by atoms with Gasteiger partial charge in [-0.2, -0.15) is 5.10 Å². The van der Waals surface area contributed by atoms with Crippen molar-refractivity contribution in [3.8, 4) is 0 Å². The van der Waals surface area contributed by atoms with E-state index in [1.165, 1.54) is 0 Å². The van der Waals surface area contributed by atoms with Crippen LogP contribution in [0.3, 0.4) is 0 Å². The molecule has 5 nitrogen and oxygen atoms in total. The van der Waals surface area contributed by atoms with Gasteiger partial charge in [0.25, 0.3) is 0 Å². The maximum absolute atomic E-state index is 12.4. The van der Waals surface area contributed by atoms with E-state index < -0.39 is 0 Å².